The summed E-state index contributed by atoms with van der Waals surface area (Å²) in [6, 6.07) is 10.6. The quantitative estimate of drug-likeness (QED) is 0.630. The van der Waals surface area contributed by atoms with Crippen molar-refractivity contribution in [2.24, 2.45) is 5.92 Å². The van der Waals surface area contributed by atoms with Crippen molar-refractivity contribution in [3.8, 4) is 0 Å². The lowest BCUT2D eigenvalue weighted by atomic mass is 10.0. The molecular formula is C23H25ClN2O5S. The molecule has 0 N–H and O–H groups in total. The number of sulfonamides is 1. The number of benzene rings is 2. The highest BCUT2D eigenvalue weighted by molar-refractivity contribution is 7.89. The lowest BCUT2D eigenvalue weighted by molar-refractivity contribution is -0.141. The number of esters is 1. The minimum absolute atomic E-state index is 0.0612. The molecule has 0 saturated carbocycles. The number of carbonyl (C=O) groups is 2. The number of fused-ring (bicyclic) bond motifs is 1. The van der Waals surface area contributed by atoms with Gasteiger partial charge in [0.05, 0.1) is 12.1 Å². The van der Waals surface area contributed by atoms with Gasteiger partial charge in [-0.3, -0.25) is 9.69 Å². The molecule has 2 aliphatic rings. The van der Waals surface area contributed by atoms with Crippen LogP contribution in [-0.4, -0.2) is 50.8 Å². The maximum absolute atomic E-state index is 13.5. The molecule has 2 unspecified atom stereocenters. The van der Waals surface area contributed by atoms with Gasteiger partial charge in [0.1, 0.15) is 10.9 Å². The summed E-state index contributed by atoms with van der Waals surface area (Å²) in [7, 11) is -2.58. The molecule has 170 valence electrons. The molecule has 0 aliphatic carbocycles. The van der Waals surface area contributed by atoms with E-state index in [9.17, 15) is 18.0 Å². The van der Waals surface area contributed by atoms with Gasteiger partial charge in [0.15, 0.2) is 0 Å². The number of amides is 1. The highest BCUT2D eigenvalue weighted by Gasteiger charge is 2.40. The molecule has 2 aromatic rings. The van der Waals surface area contributed by atoms with Crippen molar-refractivity contribution < 1.29 is 22.7 Å². The van der Waals surface area contributed by atoms with Gasteiger partial charge in [-0.15, -0.1) is 0 Å². The zero-order chi connectivity index (χ0) is 23.0. The summed E-state index contributed by atoms with van der Waals surface area (Å²) in [5, 5.41) is 0.0612. The van der Waals surface area contributed by atoms with Gasteiger partial charge < -0.3 is 4.74 Å². The van der Waals surface area contributed by atoms with E-state index in [0.717, 1.165) is 18.4 Å². The third-order valence-corrected chi connectivity index (χ3v) is 8.43. The van der Waals surface area contributed by atoms with Gasteiger partial charge in [-0.2, -0.15) is 4.31 Å². The normalized spacial score (nSPS) is 21.3. The number of anilines is 1. The van der Waals surface area contributed by atoms with Crippen LogP contribution in [0.4, 0.5) is 5.69 Å². The van der Waals surface area contributed by atoms with E-state index in [0.29, 0.717) is 25.2 Å². The first-order valence-corrected chi connectivity index (χ1v) is 12.3. The summed E-state index contributed by atoms with van der Waals surface area (Å²) < 4.78 is 33.0. The molecule has 4 rings (SSSR count). The average Bonchev–Trinajstić information content (AvgIpc) is 3.18. The van der Waals surface area contributed by atoms with Crippen molar-refractivity contribution in [3.63, 3.8) is 0 Å². The van der Waals surface area contributed by atoms with Crippen LogP contribution in [0.25, 0.3) is 0 Å². The Morgan fingerprint density at radius 2 is 1.91 bits per heavy atom. The van der Waals surface area contributed by atoms with Crippen LogP contribution in [0.1, 0.15) is 35.7 Å². The Labute approximate surface area is 193 Å². The molecule has 0 radical (unpaired) electrons. The van der Waals surface area contributed by atoms with Crippen LogP contribution < -0.4 is 4.90 Å². The summed E-state index contributed by atoms with van der Waals surface area (Å²) in [4.78, 5) is 27.2. The number of hydrogen-bond acceptors (Lipinski definition) is 5. The fourth-order valence-corrected chi connectivity index (χ4v) is 6.54. The van der Waals surface area contributed by atoms with Crippen LogP contribution in [-0.2, 0) is 26.0 Å². The Bertz CT molecular complexity index is 1170. The molecule has 9 heteroatoms. The fraction of sp³-hybridized carbons (Fsp3) is 0.391. The van der Waals surface area contributed by atoms with E-state index in [1.54, 1.807) is 12.1 Å². The van der Waals surface area contributed by atoms with Crippen LogP contribution >= 0.6 is 11.6 Å². The Morgan fingerprint density at radius 3 is 2.62 bits per heavy atom. The number of piperidine rings is 1. The summed E-state index contributed by atoms with van der Waals surface area (Å²) in [6.45, 7) is 2.85. The summed E-state index contributed by atoms with van der Waals surface area (Å²) in [5.74, 6) is -0.756. The first-order valence-electron chi connectivity index (χ1n) is 10.5. The second-order valence-electron chi connectivity index (χ2n) is 8.30. The standard InChI is InChI=1S/C23H25ClN2O5S/c1-15-6-5-11-25(14-15)32(29,30)21-13-17(9-10-18(21)24)22(27)26-19-8-4-3-7-16(19)12-20(26)23(28)31-2/h3-4,7-10,13,15,20H,5-6,11-12,14H2,1-2H3. The van der Waals surface area contributed by atoms with Crippen LogP contribution in [0.3, 0.4) is 0 Å². The van der Waals surface area contributed by atoms with Crippen molar-refractivity contribution in [1.82, 2.24) is 4.31 Å². The van der Waals surface area contributed by atoms with Crippen LogP contribution in [0.2, 0.25) is 5.02 Å². The number of carbonyl (C=O) groups excluding carboxylic acids is 2. The van der Waals surface area contributed by atoms with Crippen LogP contribution in [0.15, 0.2) is 47.4 Å². The van der Waals surface area contributed by atoms with Gasteiger partial charge in [-0.25, -0.2) is 13.2 Å². The van der Waals surface area contributed by atoms with E-state index in [1.165, 1.54) is 34.5 Å². The van der Waals surface area contributed by atoms with Crippen molar-refractivity contribution in [2.75, 3.05) is 25.1 Å². The topological polar surface area (TPSA) is 84.0 Å². The van der Waals surface area contributed by atoms with Gasteiger partial charge in [0.25, 0.3) is 5.91 Å². The van der Waals surface area contributed by atoms with E-state index in [2.05, 4.69) is 0 Å². The maximum atomic E-state index is 13.5. The Morgan fingerprint density at radius 1 is 1.16 bits per heavy atom. The second kappa shape index (κ2) is 8.84. The largest absolute Gasteiger partial charge is 0.467 e. The molecule has 32 heavy (non-hydrogen) atoms. The molecule has 2 heterocycles. The number of hydrogen-bond donors (Lipinski definition) is 0. The minimum atomic E-state index is -3.86. The first-order chi connectivity index (χ1) is 15.2. The average molecular weight is 477 g/mol. The molecule has 1 fully saturated rings. The van der Waals surface area contributed by atoms with Crippen molar-refractivity contribution in [1.29, 1.82) is 0 Å². The van der Waals surface area contributed by atoms with E-state index >= 15 is 0 Å². The van der Waals surface area contributed by atoms with Gasteiger partial charge in [0.2, 0.25) is 10.0 Å². The lowest BCUT2D eigenvalue weighted by Gasteiger charge is -2.30. The number of methoxy groups -OCH3 is 1. The Hall–Kier alpha value is -2.42. The molecular weight excluding hydrogens is 452 g/mol. The summed E-state index contributed by atoms with van der Waals surface area (Å²) in [6.07, 6.45) is 2.09. The summed E-state index contributed by atoms with van der Waals surface area (Å²) in [5.41, 5.74) is 1.60. The predicted octanol–water partition coefficient (Wildman–Crippen LogP) is 3.51. The summed E-state index contributed by atoms with van der Waals surface area (Å²) >= 11 is 6.28. The highest BCUT2D eigenvalue weighted by Crippen LogP contribution is 2.35. The van der Waals surface area contributed by atoms with Gasteiger partial charge in [0, 0.05) is 30.8 Å². The van der Waals surface area contributed by atoms with E-state index in [1.807, 2.05) is 19.1 Å². The molecule has 0 aromatic heterocycles. The molecule has 0 bridgehead atoms. The second-order valence-corrected chi connectivity index (χ2v) is 10.6. The number of nitrogens with zero attached hydrogens (tertiary/aromatic N) is 2. The van der Waals surface area contributed by atoms with E-state index < -0.39 is 27.9 Å². The smallest absolute Gasteiger partial charge is 0.329 e. The monoisotopic (exact) mass is 476 g/mol. The van der Waals surface area contributed by atoms with E-state index in [-0.39, 0.29) is 21.4 Å². The first kappa shape index (κ1) is 22.8. The molecule has 1 amide bonds. The number of rotatable bonds is 4. The zero-order valence-electron chi connectivity index (χ0n) is 18.0. The third kappa shape index (κ3) is 4.02. The maximum Gasteiger partial charge on any atom is 0.329 e. The number of para-hydroxylation sites is 1. The van der Waals surface area contributed by atoms with Gasteiger partial charge in [-0.1, -0.05) is 36.7 Å². The van der Waals surface area contributed by atoms with Crippen LogP contribution in [0.5, 0.6) is 0 Å². The Kier molecular flexibility index (Phi) is 6.29. The SMILES string of the molecule is COC(=O)C1Cc2ccccc2N1C(=O)c1ccc(Cl)c(S(=O)(=O)N2CCCC(C)C2)c1. The minimum Gasteiger partial charge on any atom is -0.467 e. The lowest BCUT2D eigenvalue weighted by Crippen LogP contribution is -2.43. The Balaban J connectivity index is 1.73. The zero-order valence-corrected chi connectivity index (χ0v) is 19.5. The van der Waals surface area contributed by atoms with Crippen molar-refractivity contribution in [3.05, 3.63) is 58.6 Å². The predicted molar refractivity (Wildman–Crippen MR) is 121 cm³/mol. The fourth-order valence-electron chi connectivity index (χ4n) is 4.44. The number of ether oxygens (including phenoxy) is 1. The highest BCUT2D eigenvalue weighted by atomic mass is 35.5. The molecule has 2 atom stereocenters. The van der Waals surface area contributed by atoms with Crippen molar-refractivity contribution >= 4 is 39.2 Å². The van der Waals surface area contributed by atoms with Crippen molar-refractivity contribution in [2.45, 2.75) is 37.1 Å². The third-order valence-electron chi connectivity index (χ3n) is 6.08. The van der Waals surface area contributed by atoms with Gasteiger partial charge in [-0.05, 0) is 48.6 Å². The van der Waals surface area contributed by atoms with Crippen LogP contribution in [0, 0.1) is 5.92 Å². The molecule has 0 spiro atoms. The molecule has 7 nitrogen and oxygen atoms in total. The van der Waals surface area contributed by atoms with E-state index in [4.69, 9.17) is 16.3 Å². The number of halogens is 1. The molecule has 2 aliphatic heterocycles. The molecule has 1 saturated heterocycles. The molecule has 2 aromatic carbocycles. The van der Waals surface area contributed by atoms with Gasteiger partial charge >= 0.3 is 5.97 Å².